The third kappa shape index (κ3) is 6.30. The summed E-state index contributed by atoms with van der Waals surface area (Å²) in [4.78, 5) is 16.6. The van der Waals surface area contributed by atoms with Crippen LogP contribution >= 0.6 is 0 Å². The lowest BCUT2D eigenvalue weighted by molar-refractivity contribution is -0.117. The maximum absolute atomic E-state index is 12.3. The average Bonchev–Trinajstić information content (AvgIpc) is 2.81. The number of sulfone groups is 1. The van der Waals surface area contributed by atoms with Gasteiger partial charge in [0.1, 0.15) is 0 Å². The molecule has 0 radical (unpaired) electrons. The van der Waals surface area contributed by atoms with Crippen LogP contribution < -0.4 is 5.32 Å². The molecule has 1 atom stereocenters. The van der Waals surface area contributed by atoms with Crippen LogP contribution in [-0.4, -0.2) is 68.4 Å². The summed E-state index contributed by atoms with van der Waals surface area (Å²) in [5.41, 5.74) is 2.05. The number of benzene rings is 1. The molecule has 2 aliphatic heterocycles. The summed E-state index contributed by atoms with van der Waals surface area (Å²) < 4.78 is 23.2. The monoisotopic (exact) mass is 393 g/mol. The molecule has 1 amide bonds. The van der Waals surface area contributed by atoms with E-state index in [9.17, 15) is 13.2 Å². The molecule has 2 aliphatic rings. The number of nitrogens with zero attached hydrogens (tertiary/aromatic N) is 2. The third-order valence-corrected chi connectivity index (χ3v) is 7.32. The van der Waals surface area contributed by atoms with Crippen molar-refractivity contribution in [2.24, 2.45) is 0 Å². The number of anilines is 1. The predicted molar refractivity (Wildman–Crippen MR) is 109 cm³/mol. The Morgan fingerprint density at radius 2 is 1.81 bits per heavy atom. The molecular weight excluding hydrogens is 362 g/mol. The molecule has 0 aliphatic carbocycles. The molecule has 1 N–H and O–H groups in total. The van der Waals surface area contributed by atoms with Gasteiger partial charge in [-0.1, -0.05) is 25.0 Å². The standard InChI is InChI=1S/C20H31N3O3S/c1-22(19-10-13-27(25,26)16-19)15-20(24)21-18-8-6-17(7-9-18)14-23-11-4-2-3-5-12-23/h6-9,19H,2-5,10-16H2,1H3,(H,21,24)/t19-/m0/s1. The zero-order valence-electron chi connectivity index (χ0n) is 16.2. The number of likely N-dealkylation sites (tertiary alicyclic amines) is 1. The van der Waals surface area contributed by atoms with Crippen molar-refractivity contribution in [3.63, 3.8) is 0 Å². The molecule has 0 unspecified atom stereocenters. The SMILES string of the molecule is CN(CC(=O)Nc1ccc(CN2CCCCCC2)cc1)[C@H]1CCS(=O)(=O)C1. The number of hydrogen-bond donors (Lipinski definition) is 1. The van der Waals surface area contributed by atoms with Gasteiger partial charge in [-0.05, 0) is 57.1 Å². The highest BCUT2D eigenvalue weighted by atomic mass is 32.2. The van der Waals surface area contributed by atoms with Crippen LogP contribution in [0.3, 0.4) is 0 Å². The lowest BCUT2D eigenvalue weighted by Crippen LogP contribution is -2.38. The van der Waals surface area contributed by atoms with Gasteiger partial charge in [-0.3, -0.25) is 14.6 Å². The van der Waals surface area contributed by atoms with E-state index < -0.39 is 9.84 Å². The topological polar surface area (TPSA) is 69.7 Å². The summed E-state index contributed by atoms with van der Waals surface area (Å²) in [5, 5.41) is 2.91. The summed E-state index contributed by atoms with van der Waals surface area (Å²) >= 11 is 0. The van der Waals surface area contributed by atoms with Crippen molar-refractivity contribution >= 4 is 21.4 Å². The molecule has 0 saturated carbocycles. The third-order valence-electron chi connectivity index (χ3n) is 5.57. The normalized spacial score (nSPS) is 23.3. The van der Waals surface area contributed by atoms with Crippen LogP contribution in [0.1, 0.15) is 37.7 Å². The molecule has 0 spiro atoms. The van der Waals surface area contributed by atoms with E-state index in [0.717, 1.165) is 12.2 Å². The largest absolute Gasteiger partial charge is 0.325 e. The molecule has 2 saturated heterocycles. The maximum atomic E-state index is 12.3. The van der Waals surface area contributed by atoms with Gasteiger partial charge < -0.3 is 5.32 Å². The number of amides is 1. The first-order valence-electron chi connectivity index (χ1n) is 9.93. The highest BCUT2D eigenvalue weighted by molar-refractivity contribution is 7.91. The van der Waals surface area contributed by atoms with Crippen molar-refractivity contribution in [2.45, 2.75) is 44.7 Å². The number of nitrogens with one attached hydrogen (secondary N) is 1. The van der Waals surface area contributed by atoms with Gasteiger partial charge in [0.05, 0.1) is 18.1 Å². The molecule has 3 rings (SSSR count). The minimum Gasteiger partial charge on any atom is -0.325 e. The molecular formula is C20H31N3O3S. The number of carbonyl (C=O) groups is 1. The number of likely N-dealkylation sites (N-methyl/N-ethyl adjacent to an activating group) is 1. The van der Waals surface area contributed by atoms with E-state index in [2.05, 4.69) is 22.3 Å². The van der Waals surface area contributed by atoms with Gasteiger partial charge in [-0.15, -0.1) is 0 Å². The summed E-state index contributed by atoms with van der Waals surface area (Å²) in [7, 11) is -1.12. The van der Waals surface area contributed by atoms with Gasteiger partial charge in [-0.2, -0.15) is 0 Å². The van der Waals surface area contributed by atoms with Crippen LogP contribution in [0.25, 0.3) is 0 Å². The van der Waals surface area contributed by atoms with Crippen molar-refractivity contribution in [2.75, 3.05) is 43.5 Å². The van der Waals surface area contributed by atoms with Crippen LogP contribution in [0.4, 0.5) is 5.69 Å². The molecule has 7 heteroatoms. The molecule has 0 aromatic heterocycles. The smallest absolute Gasteiger partial charge is 0.238 e. The zero-order chi connectivity index (χ0) is 19.3. The average molecular weight is 394 g/mol. The van der Waals surface area contributed by atoms with Crippen LogP contribution in [0.5, 0.6) is 0 Å². The Morgan fingerprint density at radius 1 is 1.15 bits per heavy atom. The molecule has 2 heterocycles. The first kappa shape index (κ1) is 20.3. The van der Waals surface area contributed by atoms with Crippen LogP contribution in [0, 0.1) is 0 Å². The molecule has 1 aromatic rings. The van der Waals surface area contributed by atoms with E-state index >= 15 is 0 Å². The first-order chi connectivity index (χ1) is 12.9. The Balaban J connectivity index is 1.46. The van der Waals surface area contributed by atoms with Crippen molar-refractivity contribution in [3.8, 4) is 0 Å². The molecule has 0 bridgehead atoms. The Labute approximate surface area is 162 Å². The van der Waals surface area contributed by atoms with Crippen molar-refractivity contribution in [1.29, 1.82) is 0 Å². The first-order valence-corrected chi connectivity index (χ1v) is 11.8. The van der Waals surface area contributed by atoms with Crippen molar-refractivity contribution in [1.82, 2.24) is 9.80 Å². The highest BCUT2D eigenvalue weighted by Crippen LogP contribution is 2.17. The summed E-state index contributed by atoms with van der Waals surface area (Å²) in [6.07, 6.45) is 5.84. The quantitative estimate of drug-likeness (QED) is 0.802. The Bertz CT molecular complexity index is 725. The Morgan fingerprint density at radius 3 is 2.41 bits per heavy atom. The van der Waals surface area contributed by atoms with E-state index in [1.165, 1.54) is 44.3 Å². The zero-order valence-corrected chi connectivity index (χ0v) is 17.0. The van der Waals surface area contributed by atoms with Gasteiger partial charge in [0, 0.05) is 18.3 Å². The minimum absolute atomic E-state index is 0.0586. The van der Waals surface area contributed by atoms with E-state index in [1.807, 2.05) is 24.1 Å². The molecule has 1 aromatic carbocycles. The summed E-state index contributed by atoms with van der Waals surface area (Å²) in [6, 6.07) is 7.99. The summed E-state index contributed by atoms with van der Waals surface area (Å²) in [5.74, 6) is 0.270. The fourth-order valence-electron chi connectivity index (χ4n) is 3.93. The lowest BCUT2D eigenvalue weighted by Gasteiger charge is -2.22. The fraction of sp³-hybridized carbons (Fsp3) is 0.650. The van der Waals surface area contributed by atoms with E-state index in [0.29, 0.717) is 6.42 Å². The molecule has 27 heavy (non-hydrogen) atoms. The Hall–Kier alpha value is -1.44. The predicted octanol–water partition coefficient (Wildman–Crippen LogP) is 2.12. The van der Waals surface area contributed by atoms with E-state index in [-0.39, 0.29) is 30.0 Å². The summed E-state index contributed by atoms with van der Waals surface area (Å²) in [6.45, 7) is 3.51. The molecule has 6 nitrogen and oxygen atoms in total. The number of rotatable bonds is 6. The minimum atomic E-state index is -2.93. The van der Waals surface area contributed by atoms with Gasteiger partial charge in [0.25, 0.3) is 0 Å². The van der Waals surface area contributed by atoms with Gasteiger partial charge >= 0.3 is 0 Å². The Kier molecular flexibility index (Phi) is 6.89. The van der Waals surface area contributed by atoms with Crippen LogP contribution in [0.15, 0.2) is 24.3 Å². The van der Waals surface area contributed by atoms with Gasteiger partial charge in [-0.25, -0.2) is 8.42 Å². The van der Waals surface area contributed by atoms with Crippen molar-refractivity contribution in [3.05, 3.63) is 29.8 Å². The van der Waals surface area contributed by atoms with Crippen LogP contribution in [-0.2, 0) is 21.2 Å². The van der Waals surface area contributed by atoms with E-state index in [4.69, 9.17) is 0 Å². The second kappa shape index (κ2) is 9.17. The van der Waals surface area contributed by atoms with Crippen LogP contribution in [0.2, 0.25) is 0 Å². The number of hydrogen-bond acceptors (Lipinski definition) is 5. The van der Waals surface area contributed by atoms with Gasteiger partial charge in [0.2, 0.25) is 5.91 Å². The van der Waals surface area contributed by atoms with Crippen molar-refractivity contribution < 1.29 is 13.2 Å². The molecule has 150 valence electrons. The molecule has 2 fully saturated rings. The van der Waals surface area contributed by atoms with E-state index in [1.54, 1.807) is 0 Å². The second-order valence-electron chi connectivity index (χ2n) is 7.91. The second-order valence-corrected chi connectivity index (χ2v) is 10.1. The highest BCUT2D eigenvalue weighted by Gasteiger charge is 2.31. The number of carbonyl (C=O) groups excluding carboxylic acids is 1. The maximum Gasteiger partial charge on any atom is 0.238 e. The van der Waals surface area contributed by atoms with Gasteiger partial charge in [0.15, 0.2) is 9.84 Å². The fourth-order valence-corrected chi connectivity index (χ4v) is 5.73. The lowest BCUT2D eigenvalue weighted by atomic mass is 10.2.